The molecule has 21 heavy (non-hydrogen) atoms. The summed E-state index contributed by atoms with van der Waals surface area (Å²) >= 11 is 1.65. The molecule has 1 aliphatic rings. The minimum Gasteiger partial charge on any atom is -0.350 e. The molecule has 0 radical (unpaired) electrons. The summed E-state index contributed by atoms with van der Waals surface area (Å²) in [5.41, 5.74) is 3.73. The van der Waals surface area contributed by atoms with Gasteiger partial charge in [-0.1, -0.05) is 0 Å². The zero-order chi connectivity index (χ0) is 14.4. The van der Waals surface area contributed by atoms with Crippen LogP contribution in [0.4, 0.5) is 5.82 Å². The number of aryl methyl sites for hydroxylation is 1. The van der Waals surface area contributed by atoms with Gasteiger partial charge in [-0.2, -0.15) is 0 Å². The number of fused-ring (bicyclic) bond motifs is 2. The molecule has 0 saturated heterocycles. The number of hydrogen-bond donors (Lipinski definition) is 1. The fourth-order valence-electron chi connectivity index (χ4n) is 2.72. The number of hydrogen-bond acceptors (Lipinski definition) is 6. The predicted molar refractivity (Wildman–Crippen MR) is 81.8 cm³/mol. The maximum Gasteiger partial charge on any atom is 0.255 e. The molecule has 106 valence electrons. The van der Waals surface area contributed by atoms with Crippen molar-refractivity contribution in [2.24, 2.45) is 0 Å². The van der Waals surface area contributed by atoms with Crippen LogP contribution in [0.5, 0.6) is 0 Å². The molecule has 7 heteroatoms. The van der Waals surface area contributed by atoms with E-state index in [-0.39, 0.29) is 5.56 Å². The molecule has 0 unspecified atom stereocenters. The molecule has 0 amide bonds. The molecular weight excluding hydrogens is 286 g/mol. The number of aromatic amines is 1. The minimum absolute atomic E-state index is 0.0580. The van der Waals surface area contributed by atoms with Crippen LogP contribution in [0.15, 0.2) is 22.8 Å². The molecule has 0 bridgehead atoms. The summed E-state index contributed by atoms with van der Waals surface area (Å²) in [6.07, 6.45) is 3.83. The first kappa shape index (κ1) is 12.5. The fraction of sp³-hybridized carbons (Fsp3) is 0.286. The highest BCUT2D eigenvalue weighted by molar-refractivity contribution is 7.18. The third-order valence-electron chi connectivity index (χ3n) is 3.82. The van der Waals surface area contributed by atoms with E-state index in [0.717, 1.165) is 45.8 Å². The molecule has 0 aliphatic carbocycles. The lowest BCUT2D eigenvalue weighted by Crippen LogP contribution is -2.35. The van der Waals surface area contributed by atoms with Crippen LogP contribution in [0, 0.1) is 6.92 Å². The molecule has 0 saturated carbocycles. The van der Waals surface area contributed by atoms with E-state index in [1.807, 2.05) is 0 Å². The summed E-state index contributed by atoms with van der Waals surface area (Å²) in [4.78, 5) is 29.8. The summed E-state index contributed by atoms with van der Waals surface area (Å²) in [6.45, 7) is 3.41. The average Bonchev–Trinajstić information content (AvgIpc) is 2.89. The van der Waals surface area contributed by atoms with Crippen LogP contribution in [0.2, 0.25) is 0 Å². The second-order valence-corrected chi connectivity index (χ2v) is 6.00. The van der Waals surface area contributed by atoms with Crippen molar-refractivity contribution in [3.05, 3.63) is 45.2 Å². The fourth-order valence-corrected chi connectivity index (χ4v) is 3.74. The second kappa shape index (κ2) is 4.63. The number of aromatic nitrogens is 4. The van der Waals surface area contributed by atoms with Gasteiger partial charge in [-0.05, 0) is 17.9 Å². The Morgan fingerprint density at radius 1 is 1.33 bits per heavy atom. The zero-order valence-electron chi connectivity index (χ0n) is 11.5. The summed E-state index contributed by atoms with van der Waals surface area (Å²) in [7, 11) is 0. The highest BCUT2D eigenvalue weighted by Crippen LogP contribution is 2.32. The maximum absolute atomic E-state index is 12.0. The molecule has 0 fully saturated rings. The molecule has 4 rings (SSSR count). The summed E-state index contributed by atoms with van der Waals surface area (Å²) in [5, 5.41) is 2.09. The second-order valence-electron chi connectivity index (χ2n) is 5.12. The highest BCUT2D eigenvalue weighted by atomic mass is 32.1. The molecular formula is C14H13N5OS. The Morgan fingerprint density at radius 3 is 3.14 bits per heavy atom. The largest absolute Gasteiger partial charge is 0.350 e. The molecule has 6 nitrogen and oxygen atoms in total. The molecule has 3 aromatic rings. The summed E-state index contributed by atoms with van der Waals surface area (Å²) in [5.74, 6) is 0.909. The van der Waals surface area contributed by atoms with Crippen molar-refractivity contribution in [2.45, 2.75) is 19.9 Å². The molecule has 0 aromatic carbocycles. The maximum atomic E-state index is 12.0. The normalized spacial score (nSPS) is 14.4. The van der Waals surface area contributed by atoms with Gasteiger partial charge in [0.25, 0.3) is 5.56 Å². The Bertz CT molecular complexity index is 884. The van der Waals surface area contributed by atoms with Crippen LogP contribution in [0.25, 0.3) is 10.2 Å². The number of nitrogens with zero attached hydrogens (tertiary/aromatic N) is 4. The van der Waals surface area contributed by atoms with Gasteiger partial charge < -0.3 is 9.88 Å². The first-order valence-corrected chi connectivity index (χ1v) is 7.61. The van der Waals surface area contributed by atoms with Gasteiger partial charge in [0.05, 0.1) is 34.3 Å². The number of nitrogens with one attached hydrogen (secondary N) is 1. The standard InChI is InChI=1S/C14H13N5OS/c1-8-5-21-12-11(8)16-7-17-13(12)19-3-2-10-9(4-19)14(20)18-6-15-10/h5-7H,2-4H2,1H3,(H,15,18,20). The van der Waals surface area contributed by atoms with Gasteiger partial charge >= 0.3 is 0 Å². The third-order valence-corrected chi connectivity index (χ3v) is 4.90. The lowest BCUT2D eigenvalue weighted by atomic mass is 10.1. The van der Waals surface area contributed by atoms with Gasteiger partial charge in [-0.15, -0.1) is 11.3 Å². The topological polar surface area (TPSA) is 74.8 Å². The Balaban J connectivity index is 1.81. The lowest BCUT2D eigenvalue weighted by Gasteiger charge is -2.28. The smallest absolute Gasteiger partial charge is 0.255 e. The number of anilines is 1. The Hall–Kier alpha value is -2.28. The average molecular weight is 299 g/mol. The predicted octanol–water partition coefficient (Wildman–Crippen LogP) is 1.65. The van der Waals surface area contributed by atoms with Crippen LogP contribution in [0.1, 0.15) is 16.8 Å². The van der Waals surface area contributed by atoms with E-state index in [1.165, 1.54) is 6.33 Å². The van der Waals surface area contributed by atoms with E-state index >= 15 is 0 Å². The monoisotopic (exact) mass is 299 g/mol. The summed E-state index contributed by atoms with van der Waals surface area (Å²) in [6, 6.07) is 0. The van der Waals surface area contributed by atoms with E-state index in [2.05, 4.69) is 37.1 Å². The van der Waals surface area contributed by atoms with Gasteiger partial charge in [-0.25, -0.2) is 15.0 Å². The van der Waals surface area contributed by atoms with Crippen LogP contribution in [0.3, 0.4) is 0 Å². The molecule has 3 aromatic heterocycles. The Labute approximate surface area is 124 Å². The van der Waals surface area contributed by atoms with Crippen LogP contribution >= 0.6 is 11.3 Å². The lowest BCUT2D eigenvalue weighted by molar-refractivity contribution is 0.691. The Morgan fingerprint density at radius 2 is 2.24 bits per heavy atom. The first-order chi connectivity index (χ1) is 10.2. The van der Waals surface area contributed by atoms with Crippen molar-refractivity contribution in [3.8, 4) is 0 Å². The van der Waals surface area contributed by atoms with Crippen molar-refractivity contribution in [3.63, 3.8) is 0 Å². The van der Waals surface area contributed by atoms with Gasteiger partial charge in [0.2, 0.25) is 0 Å². The minimum atomic E-state index is -0.0580. The van der Waals surface area contributed by atoms with Gasteiger partial charge in [0.1, 0.15) is 12.1 Å². The molecule has 1 N–H and O–H groups in total. The van der Waals surface area contributed by atoms with Crippen LogP contribution in [-0.4, -0.2) is 26.5 Å². The van der Waals surface area contributed by atoms with Gasteiger partial charge in [0, 0.05) is 13.0 Å². The van der Waals surface area contributed by atoms with Crippen molar-refractivity contribution in [2.75, 3.05) is 11.4 Å². The van der Waals surface area contributed by atoms with E-state index in [9.17, 15) is 4.79 Å². The summed E-state index contributed by atoms with van der Waals surface area (Å²) < 4.78 is 1.08. The van der Waals surface area contributed by atoms with E-state index < -0.39 is 0 Å². The van der Waals surface area contributed by atoms with Gasteiger partial charge in [-0.3, -0.25) is 4.79 Å². The third kappa shape index (κ3) is 1.92. The number of H-pyrrole nitrogens is 1. The molecule has 0 atom stereocenters. The van der Waals surface area contributed by atoms with Crippen molar-refractivity contribution in [1.29, 1.82) is 0 Å². The molecule has 1 aliphatic heterocycles. The van der Waals surface area contributed by atoms with Crippen LogP contribution < -0.4 is 10.5 Å². The van der Waals surface area contributed by atoms with E-state index in [4.69, 9.17) is 0 Å². The van der Waals surface area contributed by atoms with Crippen molar-refractivity contribution >= 4 is 27.4 Å². The van der Waals surface area contributed by atoms with E-state index in [0.29, 0.717) is 6.54 Å². The quantitative estimate of drug-likeness (QED) is 0.739. The first-order valence-electron chi connectivity index (χ1n) is 6.73. The number of rotatable bonds is 1. The van der Waals surface area contributed by atoms with Crippen molar-refractivity contribution in [1.82, 2.24) is 19.9 Å². The zero-order valence-corrected chi connectivity index (χ0v) is 12.3. The number of thiophene rings is 1. The molecule has 0 spiro atoms. The van der Waals surface area contributed by atoms with E-state index in [1.54, 1.807) is 17.7 Å². The van der Waals surface area contributed by atoms with Crippen molar-refractivity contribution < 1.29 is 0 Å². The SMILES string of the molecule is Cc1csc2c(N3CCc4nc[nH]c(=O)c4C3)ncnc12. The highest BCUT2D eigenvalue weighted by Gasteiger charge is 2.23. The molecule has 4 heterocycles. The Kier molecular flexibility index (Phi) is 2.75. The van der Waals surface area contributed by atoms with Crippen LogP contribution in [-0.2, 0) is 13.0 Å². The van der Waals surface area contributed by atoms with Gasteiger partial charge in [0.15, 0.2) is 0 Å².